The van der Waals surface area contributed by atoms with Crippen LogP contribution in [0.3, 0.4) is 0 Å². The third kappa shape index (κ3) is 6.31. The molecule has 0 unspecified atom stereocenters. The van der Waals surface area contributed by atoms with E-state index in [1.54, 1.807) is 20.8 Å². The lowest BCUT2D eigenvalue weighted by atomic mass is 9.98. The Morgan fingerprint density at radius 2 is 1.81 bits per heavy atom. The fraction of sp³-hybridized carbons (Fsp3) is 0.421. The fourth-order valence-electron chi connectivity index (χ4n) is 2.06. The number of carbonyl (C=O) groups is 3. The van der Waals surface area contributed by atoms with Crippen molar-refractivity contribution in [2.45, 2.75) is 45.3 Å². The Morgan fingerprint density at radius 1 is 1.19 bits per heavy atom. The number of ether oxygens (including phenoxy) is 2. The van der Waals surface area contributed by atoms with Crippen LogP contribution in [0.15, 0.2) is 36.9 Å². The number of amides is 1. The Hall–Kier alpha value is -2.70. The number of benzene rings is 1. The summed E-state index contributed by atoms with van der Waals surface area (Å²) in [6.07, 6.45) is 0.676. The van der Waals surface area contributed by atoms with Crippen LogP contribution < -0.4 is 5.32 Å². The number of carbonyl (C=O) groups excluding carboxylic acids is 3. The van der Waals surface area contributed by atoms with Gasteiger partial charge in [0.1, 0.15) is 17.0 Å². The van der Waals surface area contributed by atoms with Crippen molar-refractivity contribution in [3.8, 4) is 0 Å². The van der Waals surface area contributed by atoms with E-state index in [4.69, 9.17) is 9.47 Å². The molecule has 1 rings (SSSR count). The highest BCUT2D eigenvalue weighted by Gasteiger charge is 2.37. The van der Waals surface area contributed by atoms with Gasteiger partial charge in [0.2, 0.25) is 5.78 Å². The first-order valence-corrected chi connectivity index (χ1v) is 8.05. The summed E-state index contributed by atoms with van der Waals surface area (Å²) in [7, 11) is 0. The third-order valence-corrected chi connectivity index (χ3v) is 3.29. The molecule has 0 spiro atoms. The van der Waals surface area contributed by atoms with Crippen LogP contribution in [-0.4, -0.2) is 35.6 Å². The van der Waals surface area contributed by atoms with Crippen LogP contribution in [0.2, 0.25) is 0 Å². The molecule has 7 heteroatoms. The maximum Gasteiger partial charge on any atom is 0.408 e. The second-order valence-corrected chi connectivity index (χ2v) is 6.93. The smallest absolute Gasteiger partial charge is 0.408 e. The number of esters is 1. The first-order chi connectivity index (χ1) is 12.0. The summed E-state index contributed by atoms with van der Waals surface area (Å²) < 4.78 is 23.7. The molecule has 0 aliphatic rings. The van der Waals surface area contributed by atoms with Crippen LogP contribution in [0.5, 0.6) is 0 Å². The molecule has 0 aliphatic carbocycles. The highest BCUT2D eigenvalue weighted by Crippen LogP contribution is 2.16. The van der Waals surface area contributed by atoms with E-state index in [0.29, 0.717) is 0 Å². The Labute approximate surface area is 152 Å². The minimum Gasteiger partial charge on any atom is -0.456 e. The van der Waals surface area contributed by atoms with Crippen molar-refractivity contribution in [3.63, 3.8) is 0 Å². The van der Waals surface area contributed by atoms with Crippen molar-refractivity contribution in [3.05, 3.63) is 48.3 Å². The molecule has 0 saturated heterocycles. The molecule has 0 fully saturated rings. The lowest BCUT2D eigenvalue weighted by molar-refractivity contribution is -0.149. The zero-order valence-electron chi connectivity index (χ0n) is 15.4. The van der Waals surface area contributed by atoms with Crippen molar-refractivity contribution < 1.29 is 28.2 Å². The summed E-state index contributed by atoms with van der Waals surface area (Å²) in [6.45, 7) is 9.37. The quantitative estimate of drug-likeness (QED) is 0.455. The van der Waals surface area contributed by atoms with Crippen LogP contribution in [0, 0.1) is 5.82 Å². The predicted molar refractivity (Wildman–Crippen MR) is 94.3 cm³/mol. The molecule has 1 amide bonds. The van der Waals surface area contributed by atoms with E-state index in [2.05, 4.69) is 11.9 Å². The Balaban J connectivity index is 2.78. The average Bonchev–Trinajstić information content (AvgIpc) is 2.50. The van der Waals surface area contributed by atoms with E-state index < -0.39 is 41.4 Å². The summed E-state index contributed by atoms with van der Waals surface area (Å²) in [5.41, 5.74) is -2.39. The van der Waals surface area contributed by atoms with Gasteiger partial charge in [0.15, 0.2) is 6.61 Å². The number of halogens is 1. The van der Waals surface area contributed by atoms with Crippen molar-refractivity contribution in [2.75, 3.05) is 6.61 Å². The zero-order valence-corrected chi connectivity index (χ0v) is 15.4. The van der Waals surface area contributed by atoms with Crippen LogP contribution in [0.25, 0.3) is 0 Å². The van der Waals surface area contributed by atoms with Crippen LogP contribution >= 0.6 is 0 Å². The molecule has 0 heterocycles. The molecule has 0 saturated carbocycles. The van der Waals surface area contributed by atoms with Gasteiger partial charge < -0.3 is 14.8 Å². The Morgan fingerprint density at radius 3 is 2.35 bits per heavy atom. The second kappa shape index (κ2) is 8.60. The summed E-state index contributed by atoms with van der Waals surface area (Å²) in [5.74, 6) is -2.24. The highest BCUT2D eigenvalue weighted by atomic mass is 19.1. The zero-order chi connectivity index (χ0) is 20.0. The van der Waals surface area contributed by atoms with E-state index in [1.807, 2.05) is 0 Å². The van der Waals surface area contributed by atoms with E-state index >= 15 is 0 Å². The van der Waals surface area contributed by atoms with Gasteiger partial charge in [-0.2, -0.15) is 0 Å². The van der Waals surface area contributed by atoms with Crippen molar-refractivity contribution in [1.29, 1.82) is 0 Å². The summed E-state index contributed by atoms with van der Waals surface area (Å²) >= 11 is 0. The van der Waals surface area contributed by atoms with E-state index in [0.717, 1.165) is 6.07 Å². The number of ketones is 1. The Kier molecular flexibility index (Phi) is 7.06. The van der Waals surface area contributed by atoms with Gasteiger partial charge in [0.05, 0.1) is 5.56 Å². The van der Waals surface area contributed by atoms with E-state index in [1.165, 1.54) is 31.2 Å². The van der Waals surface area contributed by atoms with Gasteiger partial charge >= 0.3 is 12.1 Å². The van der Waals surface area contributed by atoms with Crippen LogP contribution in [0.4, 0.5) is 9.18 Å². The van der Waals surface area contributed by atoms with Crippen molar-refractivity contribution in [1.82, 2.24) is 5.32 Å². The first kappa shape index (κ1) is 21.3. The molecule has 142 valence electrons. The second-order valence-electron chi connectivity index (χ2n) is 6.93. The third-order valence-electron chi connectivity index (χ3n) is 3.29. The SMILES string of the molecule is C=CC[C@](C)(NC(=O)OC(C)(C)C)C(=O)OCC(=O)c1ccccc1F. The van der Waals surface area contributed by atoms with Gasteiger partial charge in [0.25, 0.3) is 0 Å². The summed E-state index contributed by atoms with van der Waals surface area (Å²) in [6, 6.07) is 5.39. The van der Waals surface area contributed by atoms with Crippen molar-refractivity contribution >= 4 is 17.8 Å². The van der Waals surface area contributed by atoms with Gasteiger partial charge in [-0.05, 0) is 46.2 Å². The molecule has 1 atom stereocenters. The normalized spacial score (nSPS) is 13.3. The monoisotopic (exact) mass is 365 g/mol. The molecular formula is C19H24FNO5. The van der Waals surface area contributed by atoms with Gasteiger partial charge in [0, 0.05) is 0 Å². The number of hydrogen-bond acceptors (Lipinski definition) is 5. The number of rotatable bonds is 7. The largest absolute Gasteiger partial charge is 0.456 e. The Bertz CT molecular complexity index is 695. The molecule has 1 aromatic carbocycles. The molecule has 1 N–H and O–H groups in total. The minimum absolute atomic E-state index is 0.0545. The number of nitrogens with one attached hydrogen (secondary N) is 1. The van der Waals surface area contributed by atoms with Gasteiger partial charge in [-0.3, -0.25) is 4.79 Å². The maximum atomic E-state index is 13.6. The molecule has 6 nitrogen and oxygen atoms in total. The minimum atomic E-state index is -1.47. The number of Topliss-reactive ketones (excluding diaryl/α,β-unsaturated/α-hetero) is 1. The van der Waals surface area contributed by atoms with Crippen molar-refractivity contribution in [2.24, 2.45) is 0 Å². The molecule has 0 aliphatic heterocycles. The molecule has 1 aromatic rings. The number of hydrogen-bond donors (Lipinski definition) is 1. The van der Waals surface area contributed by atoms with Crippen LogP contribution in [-0.2, 0) is 14.3 Å². The van der Waals surface area contributed by atoms with E-state index in [-0.39, 0.29) is 12.0 Å². The van der Waals surface area contributed by atoms with Crippen LogP contribution in [0.1, 0.15) is 44.5 Å². The standard InChI is InChI=1S/C19H24FNO5/c1-6-11-19(5,21-17(24)26-18(2,3)4)16(23)25-12-15(22)13-9-7-8-10-14(13)20/h6-10H,1,11-12H2,2-5H3,(H,21,24)/t19-/m0/s1. The summed E-state index contributed by atoms with van der Waals surface area (Å²) in [5, 5.41) is 2.43. The highest BCUT2D eigenvalue weighted by molar-refractivity contribution is 5.98. The van der Waals surface area contributed by atoms with Gasteiger partial charge in [-0.25, -0.2) is 14.0 Å². The summed E-state index contributed by atoms with van der Waals surface area (Å²) in [4.78, 5) is 36.4. The predicted octanol–water partition coefficient (Wildman–Crippen LogP) is 3.41. The fourth-order valence-corrected chi connectivity index (χ4v) is 2.06. The molecule has 26 heavy (non-hydrogen) atoms. The molecule has 0 bridgehead atoms. The topological polar surface area (TPSA) is 81.7 Å². The molecular weight excluding hydrogens is 341 g/mol. The average molecular weight is 365 g/mol. The maximum absolute atomic E-state index is 13.6. The first-order valence-electron chi connectivity index (χ1n) is 8.05. The molecule has 0 radical (unpaired) electrons. The van der Waals surface area contributed by atoms with Gasteiger partial charge in [-0.15, -0.1) is 6.58 Å². The van der Waals surface area contributed by atoms with Gasteiger partial charge in [-0.1, -0.05) is 18.2 Å². The molecule has 0 aromatic heterocycles. The van der Waals surface area contributed by atoms with E-state index in [9.17, 15) is 18.8 Å². The lowest BCUT2D eigenvalue weighted by Gasteiger charge is -2.29. The lowest BCUT2D eigenvalue weighted by Crippen LogP contribution is -2.54. The number of alkyl carbamates (subject to hydrolysis) is 1.